The van der Waals surface area contributed by atoms with Gasteiger partial charge in [-0.2, -0.15) is 0 Å². The highest BCUT2D eigenvalue weighted by Crippen LogP contribution is 2.34. The summed E-state index contributed by atoms with van der Waals surface area (Å²) in [5.41, 5.74) is 8.48. The molecule has 1 aliphatic carbocycles. The van der Waals surface area contributed by atoms with Gasteiger partial charge in [0.1, 0.15) is 5.75 Å². The Balaban J connectivity index is 2.09. The molecule has 0 saturated heterocycles. The van der Waals surface area contributed by atoms with Crippen molar-refractivity contribution in [2.24, 2.45) is 5.73 Å². The summed E-state index contributed by atoms with van der Waals surface area (Å²) in [5.74, 6) is 0.733. The zero-order valence-corrected chi connectivity index (χ0v) is 13.2. The Kier molecular flexibility index (Phi) is 5.23. The average Bonchev–Trinajstić information content (AvgIpc) is 2.48. The van der Waals surface area contributed by atoms with Crippen molar-refractivity contribution in [3.8, 4) is 5.75 Å². The second kappa shape index (κ2) is 6.94. The van der Waals surface area contributed by atoms with Crippen LogP contribution in [0.1, 0.15) is 57.2 Å². The number of hydrogen-bond acceptors (Lipinski definition) is 3. The number of ether oxygens (including phenoxy) is 1. The van der Waals surface area contributed by atoms with Gasteiger partial charge in [0.05, 0.1) is 0 Å². The summed E-state index contributed by atoms with van der Waals surface area (Å²) in [5, 5.41) is 2.95. The average molecular weight is 290 g/mol. The Morgan fingerprint density at radius 1 is 1.48 bits per heavy atom. The van der Waals surface area contributed by atoms with Crippen LogP contribution in [0.3, 0.4) is 0 Å². The molecule has 1 amide bonds. The summed E-state index contributed by atoms with van der Waals surface area (Å²) < 4.78 is 5.90. The number of amides is 1. The fraction of sp³-hybridized carbons (Fsp3) is 0.588. The van der Waals surface area contributed by atoms with E-state index in [0.29, 0.717) is 0 Å². The lowest BCUT2D eigenvalue weighted by molar-refractivity contribution is -0.127. The lowest BCUT2D eigenvalue weighted by Gasteiger charge is -2.26. The van der Waals surface area contributed by atoms with E-state index in [4.69, 9.17) is 10.5 Å². The van der Waals surface area contributed by atoms with E-state index in [1.807, 2.05) is 26.0 Å². The molecule has 1 aromatic rings. The highest BCUT2D eigenvalue weighted by Gasteiger charge is 2.22. The molecule has 1 aromatic carbocycles. The fourth-order valence-corrected chi connectivity index (χ4v) is 2.67. The van der Waals surface area contributed by atoms with E-state index in [1.165, 1.54) is 5.56 Å². The third-order valence-corrected chi connectivity index (χ3v) is 4.18. The van der Waals surface area contributed by atoms with E-state index in [0.717, 1.165) is 37.0 Å². The van der Waals surface area contributed by atoms with Crippen LogP contribution >= 0.6 is 0 Å². The van der Waals surface area contributed by atoms with Crippen molar-refractivity contribution in [2.75, 3.05) is 0 Å². The summed E-state index contributed by atoms with van der Waals surface area (Å²) in [6.45, 7) is 5.83. The molecule has 0 fully saturated rings. The van der Waals surface area contributed by atoms with Gasteiger partial charge >= 0.3 is 0 Å². The van der Waals surface area contributed by atoms with Crippen LogP contribution in [0.25, 0.3) is 0 Å². The number of rotatable bonds is 5. The van der Waals surface area contributed by atoms with Crippen LogP contribution in [0.2, 0.25) is 0 Å². The molecule has 1 aliphatic rings. The van der Waals surface area contributed by atoms with Crippen molar-refractivity contribution in [1.29, 1.82) is 0 Å². The minimum atomic E-state index is -0.497. The topological polar surface area (TPSA) is 64.3 Å². The maximum Gasteiger partial charge on any atom is 0.260 e. The molecule has 0 spiro atoms. The van der Waals surface area contributed by atoms with Gasteiger partial charge in [0.15, 0.2) is 6.10 Å². The van der Waals surface area contributed by atoms with E-state index in [2.05, 4.69) is 11.4 Å². The molecule has 0 aromatic heterocycles. The van der Waals surface area contributed by atoms with Crippen LogP contribution in [-0.2, 0) is 11.2 Å². The molecular weight excluding hydrogens is 264 g/mol. The smallest absolute Gasteiger partial charge is 0.260 e. The SMILES string of the molecule is CCC(C)NC(=O)C(C)Oc1cccc2c1CCCC2N. The van der Waals surface area contributed by atoms with Crippen molar-refractivity contribution in [2.45, 2.75) is 64.6 Å². The summed E-state index contributed by atoms with van der Waals surface area (Å²) in [4.78, 5) is 12.1. The minimum Gasteiger partial charge on any atom is -0.481 e. The quantitative estimate of drug-likeness (QED) is 0.876. The summed E-state index contributed by atoms with van der Waals surface area (Å²) in [7, 11) is 0. The van der Waals surface area contributed by atoms with E-state index in [-0.39, 0.29) is 18.0 Å². The molecule has 0 bridgehead atoms. The number of nitrogens with one attached hydrogen (secondary N) is 1. The first-order chi connectivity index (χ1) is 10.0. The number of carbonyl (C=O) groups is 1. The Hall–Kier alpha value is -1.55. The molecule has 0 radical (unpaired) electrons. The number of fused-ring (bicyclic) bond motifs is 1. The predicted molar refractivity (Wildman–Crippen MR) is 84.3 cm³/mol. The van der Waals surface area contributed by atoms with Gasteiger partial charge in [-0.25, -0.2) is 0 Å². The molecule has 0 aliphatic heterocycles. The van der Waals surface area contributed by atoms with Gasteiger partial charge in [-0.15, -0.1) is 0 Å². The van der Waals surface area contributed by atoms with E-state index in [9.17, 15) is 4.79 Å². The van der Waals surface area contributed by atoms with Gasteiger partial charge in [-0.05, 0) is 56.7 Å². The van der Waals surface area contributed by atoms with Gasteiger partial charge in [0.25, 0.3) is 5.91 Å². The van der Waals surface area contributed by atoms with Gasteiger partial charge in [0.2, 0.25) is 0 Å². The number of nitrogens with two attached hydrogens (primary N) is 1. The second-order valence-electron chi connectivity index (χ2n) is 5.90. The number of carbonyl (C=O) groups excluding carboxylic acids is 1. The highest BCUT2D eigenvalue weighted by atomic mass is 16.5. The minimum absolute atomic E-state index is 0.0675. The van der Waals surface area contributed by atoms with Crippen molar-refractivity contribution in [1.82, 2.24) is 5.32 Å². The van der Waals surface area contributed by atoms with Gasteiger partial charge < -0.3 is 15.8 Å². The van der Waals surface area contributed by atoms with Crippen LogP contribution in [-0.4, -0.2) is 18.1 Å². The summed E-state index contributed by atoms with van der Waals surface area (Å²) in [6.07, 6.45) is 3.47. The number of benzene rings is 1. The Morgan fingerprint density at radius 2 is 2.24 bits per heavy atom. The van der Waals surface area contributed by atoms with Crippen LogP contribution in [0.5, 0.6) is 5.75 Å². The standard InChI is InChI=1S/C17H26N2O2/c1-4-11(2)19-17(20)12(3)21-16-10-6-7-13-14(16)8-5-9-15(13)18/h6-7,10-12,15H,4-5,8-9,18H2,1-3H3,(H,19,20). The monoisotopic (exact) mass is 290 g/mol. The largest absolute Gasteiger partial charge is 0.481 e. The first-order valence-electron chi connectivity index (χ1n) is 7.87. The molecule has 0 heterocycles. The van der Waals surface area contributed by atoms with Crippen molar-refractivity contribution in [3.05, 3.63) is 29.3 Å². The predicted octanol–water partition coefficient (Wildman–Crippen LogP) is 2.70. The molecular formula is C17H26N2O2. The highest BCUT2D eigenvalue weighted by molar-refractivity contribution is 5.81. The fourth-order valence-electron chi connectivity index (χ4n) is 2.67. The van der Waals surface area contributed by atoms with Gasteiger partial charge in [0, 0.05) is 12.1 Å². The van der Waals surface area contributed by atoms with Crippen LogP contribution in [0.4, 0.5) is 0 Å². The lowest BCUT2D eigenvalue weighted by atomic mass is 9.87. The molecule has 3 N–H and O–H groups in total. The molecule has 116 valence electrons. The van der Waals surface area contributed by atoms with Crippen molar-refractivity contribution >= 4 is 5.91 Å². The summed E-state index contributed by atoms with van der Waals surface area (Å²) in [6, 6.07) is 6.21. The van der Waals surface area contributed by atoms with Crippen molar-refractivity contribution in [3.63, 3.8) is 0 Å². The number of hydrogen-bond donors (Lipinski definition) is 2. The van der Waals surface area contributed by atoms with Crippen LogP contribution in [0, 0.1) is 0 Å². The molecule has 4 nitrogen and oxygen atoms in total. The van der Waals surface area contributed by atoms with Crippen LogP contribution in [0.15, 0.2) is 18.2 Å². The lowest BCUT2D eigenvalue weighted by Crippen LogP contribution is -2.41. The first-order valence-corrected chi connectivity index (χ1v) is 7.87. The second-order valence-corrected chi connectivity index (χ2v) is 5.90. The van der Waals surface area contributed by atoms with E-state index < -0.39 is 6.10 Å². The third-order valence-electron chi connectivity index (χ3n) is 4.18. The Morgan fingerprint density at radius 3 is 2.95 bits per heavy atom. The van der Waals surface area contributed by atoms with E-state index in [1.54, 1.807) is 6.92 Å². The zero-order valence-electron chi connectivity index (χ0n) is 13.2. The molecule has 4 heteroatoms. The normalized spacial score (nSPS) is 20.3. The first kappa shape index (κ1) is 15.8. The van der Waals surface area contributed by atoms with E-state index >= 15 is 0 Å². The maximum atomic E-state index is 12.1. The zero-order chi connectivity index (χ0) is 15.4. The molecule has 0 saturated carbocycles. The maximum absolute atomic E-state index is 12.1. The summed E-state index contributed by atoms with van der Waals surface area (Å²) >= 11 is 0. The van der Waals surface area contributed by atoms with Crippen LogP contribution < -0.4 is 15.8 Å². The molecule has 3 atom stereocenters. The van der Waals surface area contributed by atoms with Gasteiger partial charge in [-0.1, -0.05) is 19.1 Å². The molecule has 3 unspecified atom stereocenters. The Labute approximate surface area is 127 Å². The Bertz CT molecular complexity index is 502. The van der Waals surface area contributed by atoms with Gasteiger partial charge in [-0.3, -0.25) is 4.79 Å². The third kappa shape index (κ3) is 3.76. The van der Waals surface area contributed by atoms with Crippen molar-refractivity contribution < 1.29 is 9.53 Å². The molecule has 2 rings (SSSR count). The molecule has 21 heavy (non-hydrogen) atoms.